The molecule has 0 bridgehead atoms. The Bertz CT molecular complexity index is 1040. The number of amides is 2. The van der Waals surface area contributed by atoms with Crippen LogP contribution in [0.15, 0.2) is 48.7 Å². The molecule has 8 heteroatoms. The quantitative estimate of drug-likeness (QED) is 0.457. The Morgan fingerprint density at radius 2 is 1.84 bits per heavy atom. The van der Waals surface area contributed by atoms with E-state index in [1.165, 1.54) is 19.3 Å². The summed E-state index contributed by atoms with van der Waals surface area (Å²) in [7, 11) is 0. The van der Waals surface area contributed by atoms with Gasteiger partial charge in [-0.25, -0.2) is 4.98 Å². The van der Waals surface area contributed by atoms with Gasteiger partial charge in [0.05, 0.1) is 0 Å². The van der Waals surface area contributed by atoms with E-state index in [-0.39, 0.29) is 11.5 Å². The zero-order valence-corrected chi connectivity index (χ0v) is 17.2. The normalized spacial score (nSPS) is 14.2. The van der Waals surface area contributed by atoms with Gasteiger partial charge in [0.2, 0.25) is 5.91 Å². The summed E-state index contributed by atoms with van der Waals surface area (Å²) in [6.45, 7) is 0. The summed E-state index contributed by atoms with van der Waals surface area (Å²) in [6.07, 6.45) is 8.19. The number of carbonyl (C=O) groups is 2. The van der Waals surface area contributed by atoms with Gasteiger partial charge in [-0.05, 0) is 43.0 Å². The first-order chi connectivity index (χ1) is 15.1. The van der Waals surface area contributed by atoms with Gasteiger partial charge in [-0.2, -0.15) is 5.10 Å². The van der Waals surface area contributed by atoms with Crippen LogP contribution in [-0.2, 0) is 4.79 Å². The Kier molecular flexibility index (Phi) is 6.26. The average Bonchev–Trinajstić information content (AvgIpc) is 3.19. The molecule has 0 unspecified atom stereocenters. The van der Waals surface area contributed by atoms with Crippen molar-refractivity contribution in [3.8, 4) is 11.3 Å². The zero-order chi connectivity index (χ0) is 21.6. The van der Waals surface area contributed by atoms with Gasteiger partial charge in [0, 0.05) is 23.9 Å². The molecule has 1 aliphatic rings. The molecule has 2 heterocycles. The van der Waals surface area contributed by atoms with E-state index in [0.29, 0.717) is 40.9 Å². The molecule has 1 saturated carbocycles. The average molecular weight is 419 g/mol. The Hall–Kier alpha value is -3.68. The number of hydrogen-bond donors (Lipinski definition) is 4. The molecule has 0 atom stereocenters. The van der Waals surface area contributed by atoms with Crippen molar-refractivity contribution in [2.45, 2.75) is 38.5 Å². The number of nitrogens with zero attached hydrogens (tertiary/aromatic N) is 2. The molecule has 1 aliphatic carbocycles. The lowest BCUT2D eigenvalue weighted by Gasteiger charge is -2.20. The van der Waals surface area contributed by atoms with Gasteiger partial charge in [0.1, 0.15) is 22.9 Å². The molecule has 1 aromatic carbocycles. The Morgan fingerprint density at radius 3 is 2.52 bits per heavy atom. The number of nitrogens with two attached hydrogens (primary N) is 1. The molecule has 2 amide bonds. The molecule has 0 saturated heterocycles. The molecule has 1 fully saturated rings. The number of benzene rings is 1. The number of carbonyl (C=O) groups excluding carboxylic acids is 2. The fourth-order valence-electron chi connectivity index (χ4n) is 4.02. The number of aromatic amines is 1. The molecule has 4 rings (SSSR count). The first kappa shape index (κ1) is 20.6. The molecule has 0 radical (unpaired) electrons. The van der Waals surface area contributed by atoms with Crippen molar-refractivity contribution >= 4 is 29.1 Å². The molecule has 31 heavy (non-hydrogen) atoms. The number of H-pyrrole nitrogens is 1. The maximum Gasteiger partial charge on any atom is 0.254 e. The smallest absolute Gasteiger partial charge is 0.254 e. The van der Waals surface area contributed by atoms with E-state index in [9.17, 15) is 9.59 Å². The molecule has 5 N–H and O–H groups in total. The predicted molar refractivity (Wildman–Crippen MR) is 120 cm³/mol. The van der Waals surface area contributed by atoms with E-state index in [2.05, 4.69) is 25.8 Å². The highest BCUT2D eigenvalue weighted by Gasteiger charge is 2.21. The summed E-state index contributed by atoms with van der Waals surface area (Å²) in [5.74, 6) is 0.869. The van der Waals surface area contributed by atoms with Crippen LogP contribution < -0.4 is 16.4 Å². The van der Waals surface area contributed by atoms with E-state index >= 15 is 0 Å². The summed E-state index contributed by atoms with van der Waals surface area (Å²) in [4.78, 5) is 28.7. The minimum Gasteiger partial charge on any atom is -0.365 e. The standard InChI is InChI=1S/C23H26N6O2/c24-22(31)20-21(28-29-23(20)27-18-8-4-5-13-25-18)16-9-11-17(12-10-16)26-19(30)14-15-6-2-1-3-7-15/h4-5,8-13,15H,1-3,6-7,14H2,(H2,24,31)(H,26,30)(H2,25,27,28,29). The molecular formula is C23H26N6O2. The third kappa shape index (κ3) is 5.09. The number of aromatic nitrogens is 3. The van der Waals surface area contributed by atoms with Crippen LogP contribution in [0.5, 0.6) is 0 Å². The van der Waals surface area contributed by atoms with E-state index in [4.69, 9.17) is 5.73 Å². The molecular weight excluding hydrogens is 392 g/mol. The maximum atomic E-state index is 12.4. The topological polar surface area (TPSA) is 126 Å². The second-order valence-electron chi connectivity index (χ2n) is 7.86. The minimum atomic E-state index is -0.605. The summed E-state index contributed by atoms with van der Waals surface area (Å²) in [6, 6.07) is 12.6. The zero-order valence-electron chi connectivity index (χ0n) is 17.2. The van der Waals surface area contributed by atoms with Gasteiger partial charge >= 0.3 is 0 Å². The van der Waals surface area contributed by atoms with Crippen LogP contribution in [0.1, 0.15) is 48.9 Å². The molecule has 0 spiro atoms. The van der Waals surface area contributed by atoms with Crippen LogP contribution in [0, 0.1) is 5.92 Å². The number of anilines is 3. The van der Waals surface area contributed by atoms with Crippen molar-refractivity contribution in [1.29, 1.82) is 0 Å². The van der Waals surface area contributed by atoms with Gasteiger partial charge in [0.15, 0.2) is 0 Å². The summed E-state index contributed by atoms with van der Waals surface area (Å²) >= 11 is 0. The van der Waals surface area contributed by atoms with E-state index in [1.807, 2.05) is 18.2 Å². The van der Waals surface area contributed by atoms with Crippen LogP contribution in [0.4, 0.5) is 17.3 Å². The van der Waals surface area contributed by atoms with Crippen LogP contribution >= 0.6 is 0 Å². The lowest BCUT2D eigenvalue weighted by Crippen LogP contribution is -2.18. The van der Waals surface area contributed by atoms with Gasteiger partial charge in [-0.1, -0.05) is 37.5 Å². The Balaban J connectivity index is 1.47. The van der Waals surface area contributed by atoms with Crippen LogP contribution in [-0.4, -0.2) is 27.0 Å². The number of nitrogens with one attached hydrogen (secondary N) is 3. The summed E-state index contributed by atoms with van der Waals surface area (Å²) < 4.78 is 0. The largest absolute Gasteiger partial charge is 0.365 e. The van der Waals surface area contributed by atoms with Crippen LogP contribution in [0.2, 0.25) is 0 Å². The summed E-state index contributed by atoms with van der Waals surface area (Å²) in [5, 5.41) is 13.1. The highest BCUT2D eigenvalue weighted by Crippen LogP contribution is 2.30. The van der Waals surface area contributed by atoms with Gasteiger partial charge in [0.25, 0.3) is 5.91 Å². The SMILES string of the molecule is NC(=O)c1c(-c2ccc(NC(=O)CC3CCCCC3)cc2)n[nH]c1Nc1ccccn1. The fraction of sp³-hybridized carbons (Fsp3) is 0.304. The third-order valence-electron chi connectivity index (χ3n) is 5.57. The lowest BCUT2D eigenvalue weighted by molar-refractivity contribution is -0.117. The highest BCUT2D eigenvalue weighted by molar-refractivity contribution is 6.04. The third-order valence-corrected chi connectivity index (χ3v) is 5.57. The monoisotopic (exact) mass is 418 g/mol. The number of hydrogen-bond acceptors (Lipinski definition) is 5. The predicted octanol–water partition coefficient (Wildman–Crippen LogP) is 4.22. The van der Waals surface area contributed by atoms with Gasteiger partial charge < -0.3 is 16.4 Å². The van der Waals surface area contributed by atoms with Crippen LogP contribution in [0.25, 0.3) is 11.3 Å². The second kappa shape index (κ2) is 9.42. The molecule has 8 nitrogen and oxygen atoms in total. The lowest BCUT2D eigenvalue weighted by atomic mass is 9.87. The minimum absolute atomic E-state index is 0.0408. The first-order valence-electron chi connectivity index (χ1n) is 10.6. The van der Waals surface area contributed by atoms with E-state index in [0.717, 1.165) is 12.8 Å². The van der Waals surface area contributed by atoms with Crippen molar-refractivity contribution in [2.24, 2.45) is 11.7 Å². The van der Waals surface area contributed by atoms with Crippen molar-refractivity contribution in [2.75, 3.05) is 10.6 Å². The molecule has 3 aromatic rings. The molecule has 2 aromatic heterocycles. The Labute approximate surface area is 180 Å². The maximum absolute atomic E-state index is 12.4. The van der Waals surface area contributed by atoms with E-state index < -0.39 is 5.91 Å². The Morgan fingerprint density at radius 1 is 1.06 bits per heavy atom. The molecule has 160 valence electrons. The highest BCUT2D eigenvalue weighted by atomic mass is 16.2. The number of primary amides is 1. The number of rotatable bonds is 7. The van der Waals surface area contributed by atoms with Crippen molar-refractivity contribution in [3.05, 3.63) is 54.2 Å². The first-order valence-corrected chi connectivity index (χ1v) is 10.6. The van der Waals surface area contributed by atoms with Crippen LogP contribution in [0.3, 0.4) is 0 Å². The molecule has 0 aliphatic heterocycles. The van der Waals surface area contributed by atoms with E-state index in [1.54, 1.807) is 30.5 Å². The van der Waals surface area contributed by atoms with Gasteiger partial charge in [-0.3, -0.25) is 14.7 Å². The fourth-order valence-corrected chi connectivity index (χ4v) is 4.02. The van der Waals surface area contributed by atoms with Crippen molar-refractivity contribution < 1.29 is 9.59 Å². The van der Waals surface area contributed by atoms with Crippen molar-refractivity contribution in [1.82, 2.24) is 15.2 Å². The summed E-state index contributed by atoms with van der Waals surface area (Å²) in [5.41, 5.74) is 7.73. The van der Waals surface area contributed by atoms with Gasteiger partial charge in [-0.15, -0.1) is 0 Å². The second-order valence-corrected chi connectivity index (χ2v) is 7.86. The number of pyridine rings is 1. The van der Waals surface area contributed by atoms with Crippen molar-refractivity contribution in [3.63, 3.8) is 0 Å².